The van der Waals surface area contributed by atoms with E-state index in [0.29, 0.717) is 23.1 Å². The minimum absolute atomic E-state index is 0.0283. The van der Waals surface area contributed by atoms with Crippen LogP contribution < -0.4 is 16.0 Å². The van der Waals surface area contributed by atoms with Crippen LogP contribution in [0.15, 0.2) is 48.5 Å². The average Bonchev–Trinajstić information content (AvgIpc) is 2.68. The van der Waals surface area contributed by atoms with Gasteiger partial charge in [0.25, 0.3) is 0 Å². The van der Waals surface area contributed by atoms with Crippen LogP contribution in [0.2, 0.25) is 10.0 Å². The van der Waals surface area contributed by atoms with E-state index in [2.05, 4.69) is 10.2 Å². The highest BCUT2D eigenvalue weighted by molar-refractivity contribution is 6.31. The lowest BCUT2D eigenvalue weighted by Crippen LogP contribution is -2.49. The fraction of sp³-hybridized carbons (Fsp3) is 0.300. The zero-order chi connectivity index (χ0) is 20.1. The number of amides is 3. The van der Waals surface area contributed by atoms with Crippen molar-refractivity contribution >= 4 is 40.8 Å². The van der Waals surface area contributed by atoms with Gasteiger partial charge in [0.2, 0.25) is 5.91 Å². The summed E-state index contributed by atoms with van der Waals surface area (Å²) in [7, 11) is 0. The molecule has 1 aliphatic rings. The minimum Gasteiger partial charge on any atom is -0.368 e. The first-order chi connectivity index (χ1) is 13.4. The van der Waals surface area contributed by atoms with Gasteiger partial charge in [-0.25, -0.2) is 4.79 Å². The summed E-state index contributed by atoms with van der Waals surface area (Å²) in [6.45, 7) is 2.66. The third kappa shape index (κ3) is 5.30. The Balaban J connectivity index is 1.61. The Labute approximate surface area is 174 Å². The van der Waals surface area contributed by atoms with Crippen LogP contribution in [0, 0.1) is 0 Å². The van der Waals surface area contributed by atoms with Crippen LogP contribution >= 0.6 is 23.2 Å². The molecule has 1 heterocycles. The molecule has 3 rings (SSSR count). The monoisotopic (exact) mass is 420 g/mol. The smallest absolute Gasteiger partial charge is 0.312 e. The van der Waals surface area contributed by atoms with Crippen LogP contribution in [0.1, 0.15) is 18.0 Å². The van der Waals surface area contributed by atoms with Gasteiger partial charge in [-0.2, -0.15) is 0 Å². The summed E-state index contributed by atoms with van der Waals surface area (Å²) in [5.74, 6) is -0.0283. The lowest BCUT2D eigenvalue weighted by atomic mass is 10.0. The van der Waals surface area contributed by atoms with Crippen molar-refractivity contribution in [3.8, 4) is 0 Å². The van der Waals surface area contributed by atoms with Crippen LogP contribution in [-0.2, 0) is 4.79 Å². The van der Waals surface area contributed by atoms with Crippen LogP contribution in [0.4, 0.5) is 10.5 Å². The first kappa shape index (κ1) is 20.3. The summed E-state index contributed by atoms with van der Waals surface area (Å²) in [5.41, 5.74) is 7.13. The maximum absolute atomic E-state index is 12.8. The predicted molar refractivity (Wildman–Crippen MR) is 112 cm³/mol. The van der Waals surface area contributed by atoms with Crippen molar-refractivity contribution in [3.63, 3.8) is 0 Å². The number of piperazine rings is 1. The number of nitrogens with one attached hydrogen (secondary N) is 1. The molecule has 1 fully saturated rings. The van der Waals surface area contributed by atoms with Gasteiger partial charge in [-0.3, -0.25) is 4.79 Å². The molecule has 6 nitrogen and oxygen atoms in total. The van der Waals surface area contributed by atoms with Crippen molar-refractivity contribution in [3.05, 3.63) is 64.1 Å². The highest BCUT2D eigenvalue weighted by atomic mass is 35.5. The molecule has 1 aliphatic heterocycles. The number of carbonyl (C=O) groups excluding carboxylic acids is 2. The topological polar surface area (TPSA) is 78.7 Å². The molecule has 0 aliphatic carbocycles. The molecule has 0 bridgehead atoms. The van der Waals surface area contributed by atoms with Crippen LogP contribution in [0.3, 0.4) is 0 Å². The number of nitrogens with zero attached hydrogens (tertiary/aromatic N) is 2. The van der Waals surface area contributed by atoms with Gasteiger partial charge in [-0.1, -0.05) is 41.4 Å². The number of nitrogens with two attached hydrogens (primary N) is 1. The first-order valence-corrected chi connectivity index (χ1v) is 9.77. The van der Waals surface area contributed by atoms with Crippen LogP contribution in [0.25, 0.3) is 0 Å². The number of benzene rings is 2. The van der Waals surface area contributed by atoms with Crippen molar-refractivity contribution in [2.45, 2.75) is 12.5 Å². The second kappa shape index (κ2) is 9.17. The molecule has 1 saturated heterocycles. The normalized spacial score (nSPS) is 15.2. The van der Waals surface area contributed by atoms with Crippen molar-refractivity contribution in [1.29, 1.82) is 0 Å². The van der Waals surface area contributed by atoms with Gasteiger partial charge in [0, 0.05) is 41.9 Å². The standard InChI is InChI=1S/C20H22Cl2N4O2/c21-15-6-4-14(5-7-15)18(24-20(23)28)13-19(27)26-10-8-25(9-11-26)17-3-1-2-16(22)12-17/h1-7,12,18H,8-11,13H2,(H3,23,24,28)/t18-/m1/s1. The fourth-order valence-corrected chi connectivity index (χ4v) is 3.62. The molecular formula is C20H22Cl2N4O2. The summed E-state index contributed by atoms with van der Waals surface area (Å²) in [5, 5.41) is 3.93. The highest BCUT2D eigenvalue weighted by Gasteiger charge is 2.25. The van der Waals surface area contributed by atoms with Crippen molar-refractivity contribution in [2.24, 2.45) is 5.73 Å². The number of carbonyl (C=O) groups is 2. The third-order valence-corrected chi connectivity index (χ3v) is 5.26. The lowest BCUT2D eigenvalue weighted by molar-refractivity contribution is -0.132. The van der Waals surface area contributed by atoms with Crippen LogP contribution in [0.5, 0.6) is 0 Å². The lowest BCUT2D eigenvalue weighted by Gasteiger charge is -2.36. The van der Waals surface area contributed by atoms with E-state index in [1.807, 2.05) is 29.2 Å². The number of hydrogen-bond donors (Lipinski definition) is 2. The minimum atomic E-state index is -0.668. The molecule has 3 N–H and O–H groups in total. The summed E-state index contributed by atoms with van der Waals surface area (Å²) in [4.78, 5) is 28.2. The number of urea groups is 1. The van der Waals surface area contributed by atoms with Gasteiger partial charge in [0.15, 0.2) is 0 Å². The summed E-state index contributed by atoms with van der Waals surface area (Å²) < 4.78 is 0. The molecule has 0 unspecified atom stereocenters. The number of anilines is 1. The largest absolute Gasteiger partial charge is 0.368 e. The van der Waals surface area contributed by atoms with Gasteiger partial charge in [0.1, 0.15) is 0 Å². The maximum atomic E-state index is 12.8. The van der Waals surface area contributed by atoms with Gasteiger partial charge in [-0.05, 0) is 35.9 Å². The van der Waals surface area contributed by atoms with E-state index >= 15 is 0 Å². The van der Waals surface area contributed by atoms with E-state index in [0.717, 1.165) is 24.3 Å². The Morgan fingerprint density at radius 1 is 1.00 bits per heavy atom. The summed E-state index contributed by atoms with van der Waals surface area (Å²) >= 11 is 12.0. The Morgan fingerprint density at radius 2 is 1.68 bits per heavy atom. The van der Waals surface area contributed by atoms with E-state index in [1.54, 1.807) is 24.3 Å². The molecule has 1 atom stereocenters. The molecule has 2 aromatic rings. The first-order valence-electron chi connectivity index (χ1n) is 9.02. The molecule has 0 spiro atoms. The van der Waals surface area contributed by atoms with Gasteiger partial charge in [-0.15, -0.1) is 0 Å². The summed E-state index contributed by atoms with van der Waals surface area (Å²) in [6, 6.07) is 13.5. The van der Waals surface area contributed by atoms with Crippen molar-refractivity contribution < 1.29 is 9.59 Å². The second-order valence-electron chi connectivity index (χ2n) is 6.66. The second-order valence-corrected chi connectivity index (χ2v) is 7.54. The number of primary amides is 1. The zero-order valence-corrected chi connectivity index (χ0v) is 16.8. The molecule has 0 aromatic heterocycles. The van der Waals surface area contributed by atoms with Crippen molar-refractivity contribution in [2.75, 3.05) is 31.1 Å². The zero-order valence-electron chi connectivity index (χ0n) is 15.3. The molecule has 0 saturated carbocycles. The predicted octanol–water partition coefficient (Wildman–Crippen LogP) is 3.44. The van der Waals surface area contributed by atoms with E-state index in [1.165, 1.54) is 0 Å². The Morgan fingerprint density at radius 3 is 2.29 bits per heavy atom. The quantitative estimate of drug-likeness (QED) is 0.777. The third-order valence-electron chi connectivity index (χ3n) is 4.77. The van der Waals surface area contributed by atoms with E-state index in [-0.39, 0.29) is 12.3 Å². The van der Waals surface area contributed by atoms with E-state index in [9.17, 15) is 9.59 Å². The molecule has 0 radical (unpaired) electrons. The molecule has 2 aromatic carbocycles. The Bertz CT molecular complexity index is 836. The Kier molecular flexibility index (Phi) is 6.65. The number of rotatable bonds is 5. The number of hydrogen-bond acceptors (Lipinski definition) is 3. The van der Waals surface area contributed by atoms with Crippen LogP contribution in [-0.4, -0.2) is 43.0 Å². The number of halogens is 2. The van der Waals surface area contributed by atoms with E-state index in [4.69, 9.17) is 28.9 Å². The van der Waals surface area contributed by atoms with Gasteiger partial charge < -0.3 is 20.9 Å². The molecule has 148 valence electrons. The highest BCUT2D eigenvalue weighted by Crippen LogP contribution is 2.23. The summed E-state index contributed by atoms with van der Waals surface area (Å²) in [6.07, 6.45) is 0.141. The maximum Gasteiger partial charge on any atom is 0.312 e. The van der Waals surface area contributed by atoms with Crippen molar-refractivity contribution in [1.82, 2.24) is 10.2 Å². The molecule has 3 amide bonds. The van der Waals surface area contributed by atoms with Gasteiger partial charge >= 0.3 is 6.03 Å². The SMILES string of the molecule is NC(=O)N[C@H](CC(=O)N1CCN(c2cccc(Cl)c2)CC1)c1ccc(Cl)cc1. The fourth-order valence-electron chi connectivity index (χ4n) is 3.31. The molecule has 8 heteroatoms. The average molecular weight is 421 g/mol. The Hall–Kier alpha value is -2.44. The molecule has 28 heavy (non-hydrogen) atoms. The van der Waals surface area contributed by atoms with Gasteiger partial charge in [0.05, 0.1) is 12.5 Å². The van der Waals surface area contributed by atoms with E-state index < -0.39 is 12.1 Å². The molecular weight excluding hydrogens is 399 g/mol.